The molecule has 2 aromatic rings. The number of anilines is 2. The van der Waals surface area contributed by atoms with Gasteiger partial charge in [-0.1, -0.05) is 17.8 Å². The zero-order valence-electron chi connectivity index (χ0n) is 11.4. The number of nitrogens with zero attached hydrogens (tertiary/aromatic N) is 3. The van der Waals surface area contributed by atoms with Gasteiger partial charge in [0.15, 0.2) is 5.16 Å². The number of thiophene rings is 1. The second kappa shape index (κ2) is 6.77. The van der Waals surface area contributed by atoms with Gasteiger partial charge >= 0.3 is 0 Å². The standard InChI is InChI=1S/C13H18N4S2/c1-14-11-9-12(16-13(15-11)18-3)17(2)7-6-10-5-4-8-19-10/h4-5,8-9H,6-7H2,1-3H3,(H,14,15,16). The summed E-state index contributed by atoms with van der Waals surface area (Å²) in [5.74, 6) is 1.82. The molecule has 2 rings (SSSR count). The van der Waals surface area contributed by atoms with Gasteiger partial charge in [-0.05, 0) is 24.1 Å². The van der Waals surface area contributed by atoms with E-state index in [-0.39, 0.29) is 0 Å². The highest BCUT2D eigenvalue weighted by Gasteiger charge is 2.08. The fourth-order valence-corrected chi connectivity index (χ4v) is 2.75. The molecule has 19 heavy (non-hydrogen) atoms. The van der Waals surface area contributed by atoms with Crippen LogP contribution in [-0.2, 0) is 6.42 Å². The van der Waals surface area contributed by atoms with Gasteiger partial charge in [0.2, 0.25) is 0 Å². The van der Waals surface area contributed by atoms with Crippen LogP contribution in [0.1, 0.15) is 4.88 Å². The Kier molecular flexibility index (Phi) is 5.04. The Balaban J connectivity index is 2.07. The minimum Gasteiger partial charge on any atom is -0.373 e. The lowest BCUT2D eigenvalue weighted by Gasteiger charge is -2.18. The number of likely N-dealkylation sites (N-methyl/N-ethyl adjacent to an activating group) is 1. The van der Waals surface area contributed by atoms with Crippen LogP contribution in [0.15, 0.2) is 28.7 Å². The van der Waals surface area contributed by atoms with Crippen LogP contribution in [0.4, 0.5) is 11.6 Å². The van der Waals surface area contributed by atoms with Gasteiger partial charge in [-0.25, -0.2) is 9.97 Å². The Morgan fingerprint density at radius 3 is 2.89 bits per heavy atom. The fraction of sp³-hybridized carbons (Fsp3) is 0.385. The summed E-state index contributed by atoms with van der Waals surface area (Å²) in [6.45, 7) is 0.953. The van der Waals surface area contributed by atoms with Crippen molar-refractivity contribution >= 4 is 34.7 Å². The fourth-order valence-electron chi connectivity index (χ4n) is 1.68. The van der Waals surface area contributed by atoms with Crippen molar-refractivity contribution in [2.45, 2.75) is 11.6 Å². The SMILES string of the molecule is CNc1cc(N(C)CCc2cccs2)nc(SC)n1. The summed E-state index contributed by atoms with van der Waals surface area (Å²) in [6.07, 6.45) is 3.03. The first-order valence-electron chi connectivity index (χ1n) is 6.07. The van der Waals surface area contributed by atoms with Crippen LogP contribution in [-0.4, -0.2) is 36.9 Å². The average molecular weight is 294 g/mol. The molecule has 0 aliphatic rings. The maximum absolute atomic E-state index is 4.54. The minimum atomic E-state index is 0.796. The Morgan fingerprint density at radius 1 is 1.42 bits per heavy atom. The number of rotatable bonds is 6. The molecule has 0 saturated heterocycles. The highest BCUT2D eigenvalue weighted by atomic mass is 32.2. The molecule has 0 atom stereocenters. The Morgan fingerprint density at radius 2 is 2.26 bits per heavy atom. The van der Waals surface area contributed by atoms with Crippen LogP contribution in [0.5, 0.6) is 0 Å². The Labute approximate surface area is 122 Å². The molecule has 0 amide bonds. The summed E-state index contributed by atoms with van der Waals surface area (Å²) in [4.78, 5) is 12.5. The minimum absolute atomic E-state index is 0.796. The molecule has 0 aromatic carbocycles. The highest BCUT2D eigenvalue weighted by Crippen LogP contribution is 2.20. The Hall–Kier alpha value is -1.27. The monoisotopic (exact) mass is 294 g/mol. The molecule has 4 nitrogen and oxygen atoms in total. The smallest absolute Gasteiger partial charge is 0.191 e. The summed E-state index contributed by atoms with van der Waals surface area (Å²) in [7, 11) is 3.95. The van der Waals surface area contributed by atoms with Crippen LogP contribution >= 0.6 is 23.1 Å². The van der Waals surface area contributed by atoms with Crippen molar-refractivity contribution in [2.24, 2.45) is 0 Å². The molecule has 0 bridgehead atoms. The third kappa shape index (κ3) is 3.84. The van der Waals surface area contributed by atoms with Crippen molar-refractivity contribution in [1.29, 1.82) is 0 Å². The van der Waals surface area contributed by atoms with Crippen LogP contribution < -0.4 is 10.2 Å². The summed E-state index contributed by atoms with van der Waals surface area (Å²) in [5, 5.41) is 5.99. The van der Waals surface area contributed by atoms with Crippen LogP contribution in [0.25, 0.3) is 0 Å². The lowest BCUT2D eigenvalue weighted by atomic mass is 10.3. The van der Waals surface area contributed by atoms with Gasteiger partial charge < -0.3 is 10.2 Å². The molecular formula is C13H18N4S2. The molecule has 0 spiro atoms. The first-order valence-corrected chi connectivity index (χ1v) is 8.17. The molecule has 0 saturated carbocycles. The van der Waals surface area contributed by atoms with E-state index in [1.807, 2.05) is 19.4 Å². The molecule has 6 heteroatoms. The van der Waals surface area contributed by atoms with Gasteiger partial charge in [0.25, 0.3) is 0 Å². The van der Waals surface area contributed by atoms with E-state index < -0.39 is 0 Å². The first kappa shape index (κ1) is 14.1. The van der Waals surface area contributed by atoms with E-state index in [0.29, 0.717) is 0 Å². The summed E-state index contributed by atoms with van der Waals surface area (Å²) in [5.41, 5.74) is 0. The maximum Gasteiger partial charge on any atom is 0.191 e. The lowest BCUT2D eigenvalue weighted by molar-refractivity contribution is 0.841. The lowest BCUT2D eigenvalue weighted by Crippen LogP contribution is -2.21. The van der Waals surface area contributed by atoms with Gasteiger partial charge in [0.1, 0.15) is 11.6 Å². The summed E-state index contributed by atoms with van der Waals surface area (Å²) < 4.78 is 0. The molecule has 0 radical (unpaired) electrons. The number of hydrogen-bond acceptors (Lipinski definition) is 6. The molecule has 1 N–H and O–H groups in total. The normalized spacial score (nSPS) is 10.5. The zero-order chi connectivity index (χ0) is 13.7. The predicted molar refractivity (Wildman–Crippen MR) is 84.7 cm³/mol. The molecule has 0 unspecified atom stereocenters. The summed E-state index contributed by atoms with van der Waals surface area (Å²) >= 11 is 3.36. The van der Waals surface area contributed by atoms with E-state index in [9.17, 15) is 0 Å². The van der Waals surface area contributed by atoms with Gasteiger partial charge in [0.05, 0.1) is 0 Å². The van der Waals surface area contributed by atoms with E-state index >= 15 is 0 Å². The highest BCUT2D eigenvalue weighted by molar-refractivity contribution is 7.98. The van der Waals surface area contributed by atoms with Crippen LogP contribution in [0.2, 0.25) is 0 Å². The number of nitrogens with one attached hydrogen (secondary N) is 1. The summed E-state index contributed by atoms with van der Waals surface area (Å²) in [6, 6.07) is 6.24. The molecule has 2 heterocycles. The second-order valence-electron chi connectivity index (χ2n) is 4.10. The van der Waals surface area contributed by atoms with Crippen molar-refractivity contribution in [3.8, 4) is 0 Å². The van der Waals surface area contributed by atoms with Crippen LogP contribution in [0.3, 0.4) is 0 Å². The van der Waals surface area contributed by atoms with Crippen LogP contribution in [0, 0.1) is 0 Å². The van der Waals surface area contributed by atoms with Crippen molar-refractivity contribution in [3.63, 3.8) is 0 Å². The largest absolute Gasteiger partial charge is 0.373 e. The number of hydrogen-bond donors (Lipinski definition) is 1. The third-order valence-corrected chi connectivity index (χ3v) is 4.28. The molecule has 0 aliphatic carbocycles. The van der Waals surface area contributed by atoms with E-state index in [0.717, 1.165) is 29.8 Å². The van der Waals surface area contributed by atoms with Crippen molar-refractivity contribution < 1.29 is 0 Å². The molecular weight excluding hydrogens is 276 g/mol. The predicted octanol–water partition coefficient (Wildman–Crippen LogP) is 2.98. The van der Waals surface area contributed by atoms with Gasteiger partial charge in [0, 0.05) is 31.6 Å². The van der Waals surface area contributed by atoms with E-state index in [1.165, 1.54) is 4.88 Å². The van der Waals surface area contributed by atoms with E-state index in [1.54, 1.807) is 23.1 Å². The molecule has 0 fully saturated rings. The van der Waals surface area contributed by atoms with Crippen molar-refractivity contribution in [2.75, 3.05) is 37.1 Å². The number of thioether (sulfide) groups is 1. The average Bonchev–Trinajstić information content (AvgIpc) is 2.97. The van der Waals surface area contributed by atoms with E-state index in [4.69, 9.17) is 0 Å². The van der Waals surface area contributed by atoms with Crippen molar-refractivity contribution in [1.82, 2.24) is 9.97 Å². The number of aromatic nitrogens is 2. The van der Waals surface area contributed by atoms with Gasteiger partial charge in [-0.15, -0.1) is 11.3 Å². The third-order valence-electron chi connectivity index (χ3n) is 2.80. The van der Waals surface area contributed by atoms with E-state index in [2.05, 4.69) is 44.7 Å². The second-order valence-corrected chi connectivity index (χ2v) is 5.90. The molecule has 2 aromatic heterocycles. The zero-order valence-corrected chi connectivity index (χ0v) is 13.0. The first-order chi connectivity index (χ1) is 9.22. The van der Waals surface area contributed by atoms with Crippen molar-refractivity contribution in [3.05, 3.63) is 28.5 Å². The Bertz CT molecular complexity index is 491. The molecule has 102 valence electrons. The topological polar surface area (TPSA) is 41.0 Å². The maximum atomic E-state index is 4.54. The van der Waals surface area contributed by atoms with Gasteiger partial charge in [-0.3, -0.25) is 0 Å². The molecule has 0 aliphatic heterocycles. The quantitative estimate of drug-likeness (QED) is 0.655. The van der Waals surface area contributed by atoms with Gasteiger partial charge in [-0.2, -0.15) is 0 Å².